The number of aromatic nitrogens is 1. The van der Waals surface area contributed by atoms with E-state index in [1.54, 1.807) is 29.7 Å². The SMILES string of the molecule is CCOC(=O)c1ccc(N2CN=c3sc(=Cc4ccc(C)o4)c(=O)n3C2)cc1. The number of aryl methyl sites for hydroxylation is 1. The second-order valence-corrected chi connectivity index (χ2v) is 7.33. The Labute approximate surface area is 164 Å². The summed E-state index contributed by atoms with van der Waals surface area (Å²) in [6, 6.07) is 10.8. The smallest absolute Gasteiger partial charge is 0.338 e. The van der Waals surface area contributed by atoms with Crippen LogP contribution in [-0.2, 0) is 11.4 Å². The van der Waals surface area contributed by atoms with E-state index in [0.717, 1.165) is 11.4 Å². The van der Waals surface area contributed by atoms with Gasteiger partial charge >= 0.3 is 5.97 Å². The number of anilines is 1. The minimum Gasteiger partial charge on any atom is -0.462 e. The third kappa shape index (κ3) is 3.50. The molecule has 0 aliphatic carbocycles. The van der Waals surface area contributed by atoms with Crippen LogP contribution in [0, 0.1) is 6.92 Å². The molecule has 0 N–H and O–H groups in total. The van der Waals surface area contributed by atoms with Crippen LogP contribution in [0.1, 0.15) is 28.8 Å². The average molecular weight is 397 g/mol. The van der Waals surface area contributed by atoms with Crippen molar-refractivity contribution in [3.8, 4) is 0 Å². The molecule has 2 aromatic heterocycles. The van der Waals surface area contributed by atoms with Crippen LogP contribution in [0.25, 0.3) is 6.08 Å². The summed E-state index contributed by atoms with van der Waals surface area (Å²) in [4.78, 5) is 31.7. The number of hydrogen-bond acceptors (Lipinski definition) is 7. The molecule has 0 unspecified atom stereocenters. The molecular weight excluding hydrogens is 378 g/mol. The largest absolute Gasteiger partial charge is 0.462 e. The summed E-state index contributed by atoms with van der Waals surface area (Å²) in [7, 11) is 0. The fraction of sp³-hybridized carbons (Fsp3) is 0.250. The highest BCUT2D eigenvalue weighted by Gasteiger charge is 2.17. The van der Waals surface area contributed by atoms with Gasteiger partial charge in [0, 0.05) is 11.8 Å². The number of fused-ring (bicyclic) bond motifs is 1. The number of rotatable bonds is 4. The predicted octanol–water partition coefficient (Wildman–Crippen LogP) is 1.87. The van der Waals surface area contributed by atoms with Gasteiger partial charge in [-0.3, -0.25) is 9.36 Å². The maximum absolute atomic E-state index is 12.8. The molecule has 0 fully saturated rings. The van der Waals surface area contributed by atoms with E-state index >= 15 is 0 Å². The van der Waals surface area contributed by atoms with Crippen LogP contribution in [0.5, 0.6) is 0 Å². The monoisotopic (exact) mass is 397 g/mol. The van der Waals surface area contributed by atoms with Gasteiger partial charge in [0.05, 0.1) is 16.7 Å². The summed E-state index contributed by atoms with van der Waals surface area (Å²) >= 11 is 1.36. The summed E-state index contributed by atoms with van der Waals surface area (Å²) in [5.74, 6) is 1.11. The van der Waals surface area contributed by atoms with Crippen molar-refractivity contribution in [2.45, 2.75) is 20.5 Å². The third-order valence-corrected chi connectivity index (χ3v) is 5.40. The quantitative estimate of drug-likeness (QED) is 0.628. The number of benzene rings is 1. The molecule has 1 aliphatic rings. The molecule has 0 bridgehead atoms. The Morgan fingerprint density at radius 3 is 2.75 bits per heavy atom. The highest BCUT2D eigenvalue weighted by atomic mass is 32.1. The first-order valence-electron chi connectivity index (χ1n) is 8.89. The maximum Gasteiger partial charge on any atom is 0.338 e. The molecule has 0 radical (unpaired) electrons. The molecule has 144 valence electrons. The van der Waals surface area contributed by atoms with E-state index in [2.05, 4.69) is 4.99 Å². The lowest BCUT2D eigenvalue weighted by atomic mass is 10.2. The Balaban J connectivity index is 1.59. The summed E-state index contributed by atoms with van der Waals surface area (Å²) in [5.41, 5.74) is 1.29. The lowest BCUT2D eigenvalue weighted by molar-refractivity contribution is 0.0526. The van der Waals surface area contributed by atoms with E-state index in [-0.39, 0.29) is 11.5 Å². The van der Waals surface area contributed by atoms with E-state index in [1.807, 2.05) is 36.1 Å². The third-order valence-electron chi connectivity index (χ3n) is 4.35. The molecule has 1 aromatic carbocycles. The lowest BCUT2D eigenvalue weighted by Crippen LogP contribution is -2.42. The molecule has 1 aliphatic heterocycles. The van der Waals surface area contributed by atoms with E-state index in [4.69, 9.17) is 9.15 Å². The van der Waals surface area contributed by atoms with E-state index in [9.17, 15) is 9.59 Å². The first kappa shape index (κ1) is 18.2. The minimum absolute atomic E-state index is 0.0920. The standard InChI is InChI=1S/C20H19N3O4S/c1-3-26-19(25)14-5-7-15(8-6-14)22-11-21-20-23(12-22)18(24)17(28-20)10-16-9-4-13(2)27-16/h4-10H,3,11-12H2,1-2H3. The molecule has 0 spiro atoms. The summed E-state index contributed by atoms with van der Waals surface area (Å²) in [6.45, 7) is 4.82. The van der Waals surface area contributed by atoms with Crippen molar-refractivity contribution in [2.24, 2.45) is 4.99 Å². The van der Waals surface area contributed by atoms with Crippen molar-refractivity contribution in [1.29, 1.82) is 0 Å². The number of esters is 1. The molecule has 0 amide bonds. The van der Waals surface area contributed by atoms with Gasteiger partial charge in [0.25, 0.3) is 5.56 Å². The van der Waals surface area contributed by atoms with Crippen molar-refractivity contribution in [2.75, 3.05) is 18.2 Å². The molecule has 0 saturated carbocycles. The number of nitrogens with zero attached hydrogens (tertiary/aromatic N) is 3. The number of ether oxygens (including phenoxy) is 1. The Morgan fingerprint density at radius 1 is 1.29 bits per heavy atom. The fourth-order valence-corrected chi connectivity index (χ4v) is 3.90. The normalized spacial score (nSPS) is 13.9. The zero-order valence-corrected chi connectivity index (χ0v) is 16.4. The van der Waals surface area contributed by atoms with Crippen molar-refractivity contribution in [3.63, 3.8) is 0 Å². The van der Waals surface area contributed by atoms with Crippen LogP contribution < -0.4 is 19.8 Å². The van der Waals surface area contributed by atoms with Gasteiger partial charge in [0.1, 0.15) is 24.9 Å². The number of carbonyl (C=O) groups is 1. The van der Waals surface area contributed by atoms with E-state index in [1.165, 1.54) is 11.3 Å². The van der Waals surface area contributed by atoms with Crippen molar-refractivity contribution in [3.05, 3.63) is 73.2 Å². The molecule has 8 heteroatoms. The maximum atomic E-state index is 12.8. The van der Waals surface area contributed by atoms with Gasteiger partial charge in [0.15, 0.2) is 4.80 Å². The zero-order chi connectivity index (χ0) is 19.7. The molecule has 3 heterocycles. The Bertz CT molecular complexity index is 1190. The van der Waals surface area contributed by atoms with Gasteiger partial charge in [-0.05, 0) is 50.2 Å². The summed E-state index contributed by atoms with van der Waals surface area (Å²) in [5, 5.41) is 0. The molecule has 7 nitrogen and oxygen atoms in total. The second kappa shape index (κ2) is 7.47. The van der Waals surface area contributed by atoms with E-state index < -0.39 is 0 Å². The number of furan rings is 1. The fourth-order valence-electron chi connectivity index (χ4n) is 2.96. The van der Waals surface area contributed by atoms with Crippen LogP contribution in [0.3, 0.4) is 0 Å². The molecule has 3 aromatic rings. The van der Waals surface area contributed by atoms with E-state index in [0.29, 0.717) is 40.6 Å². The van der Waals surface area contributed by atoms with Crippen LogP contribution in [0.2, 0.25) is 0 Å². The van der Waals surface area contributed by atoms with Crippen LogP contribution in [-0.4, -0.2) is 23.8 Å². The summed E-state index contributed by atoms with van der Waals surface area (Å²) in [6.07, 6.45) is 1.75. The zero-order valence-electron chi connectivity index (χ0n) is 15.5. The lowest BCUT2D eigenvalue weighted by Gasteiger charge is -2.25. The van der Waals surface area contributed by atoms with Gasteiger partial charge in [-0.25, -0.2) is 9.79 Å². The van der Waals surface area contributed by atoms with Crippen molar-refractivity contribution < 1.29 is 13.9 Å². The van der Waals surface area contributed by atoms with Gasteiger partial charge in [-0.2, -0.15) is 0 Å². The van der Waals surface area contributed by atoms with Crippen LogP contribution in [0.15, 0.2) is 50.6 Å². The molecule has 0 atom stereocenters. The van der Waals surface area contributed by atoms with Crippen molar-refractivity contribution >= 4 is 29.1 Å². The predicted molar refractivity (Wildman–Crippen MR) is 106 cm³/mol. The minimum atomic E-state index is -0.345. The molecular formula is C20H19N3O4S. The first-order chi connectivity index (χ1) is 13.5. The molecule has 0 saturated heterocycles. The number of hydrogen-bond donors (Lipinski definition) is 0. The molecule has 4 rings (SSSR count). The van der Waals surface area contributed by atoms with Crippen LogP contribution >= 0.6 is 11.3 Å². The van der Waals surface area contributed by atoms with Gasteiger partial charge in [-0.1, -0.05) is 11.3 Å². The Morgan fingerprint density at radius 2 is 2.07 bits per heavy atom. The van der Waals surface area contributed by atoms with Gasteiger partial charge in [0.2, 0.25) is 0 Å². The second-order valence-electron chi connectivity index (χ2n) is 6.32. The number of carbonyl (C=O) groups excluding carboxylic acids is 1. The number of thiazole rings is 1. The first-order valence-corrected chi connectivity index (χ1v) is 9.71. The Kier molecular flexibility index (Phi) is 4.87. The summed E-state index contributed by atoms with van der Waals surface area (Å²) < 4.78 is 12.8. The van der Waals surface area contributed by atoms with Gasteiger partial charge in [-0.15, -0.1) is 0 Å². The van der Waals surface area contributed by atoms with Crippen molar-refractivity contribution in [1.82, 2.24) is 4.57 Å². The van der Waals surface area contributed by atoms with Gasteiger partial charge < -0.3 is 14.1 Å². The topological polar surface area (TPSA) is 77.0 Å². The highest BCUT2D eigenvalue weighted by Crippen LogP contribution is 2.17. The molecule has 28 heavy (non-hydrogen) atoms. The Hall–Kier alpha value is -3.13. The van der Waals surface area contributed by atoms with Crippen LogP contribution in [0.4, 0.5) is 5.69 Å². The average Bonchev–Trinajstić information content (AvgIpc) is 3.25. The highest BCUT2D eigenvalue weighted by molar-refractivity contribution is 7.07.